The molecule has 3 aliphatic rings. The second-order valence-electron chi connectivity index (χ2n) is 7.91. The Hall–Kier alpha value is -0.300. The molecule has 0 amide bonds. The van der Waals surface area contributed by atoms with Crippen molar-refractivity contribution in [1.82, 2.24) is 0 Å². The first kappa shape index (κ1) is 15.6. The van der Waals surface area contributed by atoms with Gasteiger partial charge in [-0.25, -0.2) is 0 Å². The van der Waals surface area contributed by atoms with Crippen LogP contribution in [-0.4, -0.2) is 11.2 Å². The van der Waals surface area contributed by atoms with E-state index in [0.29, 0.717) is 0 Å². The fourth-order valence-electron chi connectivity index (χ4n) is 5.02. The van der Waals surface area contributed by atoms with Crippen LogP contribution in [0.1, 0.15) is 89.9 Å². The second kappa shape index (κ2) is 7.81. The zero-order chi connectivity index (χ0) is 14.5. The summed E-state index contributed by atoms with van der Waals surface area (Å²) in [6, 6.07) is 0. The van der Waals surface area contributed by atoms with E-state index in [0.717, 1.165) is 30.6 Å². The monoisotopic (exact) mass is 290 g/mol. The van der Waals surface area contributed by atoms with Crippen LogP contribution in [0.2, 0.25) is 0 Å². The van der Waals surface area contributed by atoms with Gasteiger partial charge in [-0.05, 0) is 69.1 Å². The van der Waals surface area contributed by atoms with Crippen LogP contribution >= 0.6 is 0 Å². The number of allylic oxidation sites excluding steroid dienone is 2. The predicted octanol–water partition coefficient (Wildman–Crippen LogP) is 5.62. The molecule has 0 aliphatic heterocycles. The average molecular weight is 290 g/mol. The quantitative estimate of drug-likeness (QED) is 0.668. The summed E-state index contributed by atoms with van der Waals surface area (Å²) in [5.41, 5.74) is 1.84. The number of hydrogen-bond donors (Lipinski definition) is 1. The Labute approximate surface area is 131 Å². The minimum absolute atomic E-state index is 0.0106. The van der Waals surface area contributed by atoms with Crippen molar-refractivity contribution in [3.05, 3.63) is 11.6 Å². The number of rotatable bonds is 3. The van der Waals surface area contributed by atoms with Gasteiger partial charge in [-0.2, -0.15) is 0 Å². The highest BCUT2D eigenvalue weighted by Crippen LogP contribution is 2.41. The Morgan fingerprint density at radius 1 is 0.619 bits per heavy atom. The lowest BCUT2D eigenvalue weighted by molar-refractivity contribution is 0.112. The van der Waals surface area contributed by atoms with Crippen molar-refractivity contribution in [2.45, 2.75) is 96.0 Å². The van der Waals surface area contributed by atoms with E-state index < -0.39 is 0 Å². The third-order valence-electron chi connectivity index (χ3n) is 6.32. The molecule has 3 saturated carbocycles. The van der Waals surface area contributed by atoms with Crippen LogP contribution in [0.3, 0.4) is 0 Å². The molecular weight excluding hydrogens is 256 g/mol. The molecular formula is C20H34O. The van der Waals surface area contributed by atoms with Crippen LogP contribution in [0, 0.1) is 17.8 Å². The Morgan fingerprint density at radius 3 is 1.76 bits per heavy atom. The van der Waals surface area contributed by atoms with Gasteiger partial charge < -0.3 is 5.11 Å². The van der Waals surface area contributed by atoms with Gasteiger partial charge in [-0.1, -0.05) is 50.2 Å². The Kier molecular flexibility index (Phi) is 5.80. The van der Waals surface area contributed by atoms with Gasteiger partial charge in [0.2, 0.25) is 0 Å². The fourth-order valence-corrected chi connectivity index (χ4v) is 5.02. The molecule has 1 N–H and O–H groups in total. The maximum atomic E-state index is 9.82. The van der Waals surface area contributed by atoms with E-state index in [9.17, 15) is 5.11 Å². The first-order valence-corrected chi connectivity index (χ1v) is 9.72. The van der Waals surface area contributed by atoms with E-state index in [-0.39, 0.29) is 6.10 Å². The average Bonchev–Trinajstić information content (AvgIpc) is 2.55. The van der Waals surface area contributed by atoms with Crippen molar-refractivity contribution in [3.63, 3.8) is 0 Å². The van der Waals surface area contributed by atoms with Gasteiger partial charge in [0, 0.05) is 0 Å². The number of hydrogen-bond acceptors (Lipinski definition) is 1. The van der Waals surface area contributed by atoms with Crippen molar-refractivity contribution in [3.8, 4) is 0 Å². The molecule has 0 aromatic carbocycles. The van der Waals surface area contributed by atoms with Crippen molar-refractivity contribution >= 4 is 0 Å². The number of aliphatic hydroxyl groups is 1. The smallest absolute Gasteiger partial charge is 0.0540 e. The Bertz CT molecular complexity index is 326. The highest BCUT2D eigenvalue weighted by molar-refractivity contribution is 5.15. The summed E-state index contributed by atoms with van der Waals surface area (Å²) < 4.78 is 0. The maximum Gasteiger partial charge on any atom is 0.0540 e. The normalized spacial score (nSPS) is 34.0. The molecule has 0 aromatic rings. The summed E-state index contributed by atoms with van der Waals surface area (Å²) in [7, 11) is 0. The van der Waals surface area contributed by atoms with Crippen molar-refractivity contribution in [2.24, 2.45) is 17.8 Å². The highest BCUT2D eigenvalue weighted by atomic mass is 16.3. The van der Waals surface area contributed by atoms with E-state index in [1.165, 1.54) is 77.0 Å². The summed E-state index contributed by atoms with van der Waals surface area (Å²) in [6.45, 7) is 0. The van der Waals surface area contributed by atoms with E-state index in [1.807, 2.05) is 5.57 Å². The summed E-state index contributed by atoms with van der Waals surface area (Å²) in [4.78, 5) is 0. The van der Waals surface area contributed by atoms with Gasteiger partial charge in [0.15, 0.2) is 0 Å². The lowest BCUT2D eigenvalue weighted by Crippen LogP contribution is -2.24. The summed E-state index contributed by atoms with van der Waals surface area (Å²) in [6.07, 6.45) is 21.8. The topological polar surface area (TPSA) is 20.2 Å². The molecule has 21 heavy (non-hydrogen) atoms. The molecule has 120 valence electrons. The van der Waals surface area contributed by atoms with Gasteiger partial charge in [0.1, 0.15) is 0 Å². The lowest BCUT2D eigenvalue weighted by Gasteiger charge is -2.35. The van der Waals surface area contributed by atoms with Gasteiger partial charge >= 0.3 is 0 Å². The van der Waals surface area contributed by atoms with E-state index >= 15 is 0 Å². The molecule has 0 radical (unpaired) electrons. The summed E-state index contributed by atoms with van der Waals surface area (Å²) in [5.74, 6) is 2.57. The van der Waals surface area contributed by atoms with Crippen molar-refractivity contribution in [2.75, 3.05) is 0 Å². The van der Waals surface area contributed by atoms with Crippen LogP contribution in [-0.2, 0) is 0 Å². The van der Waals surface area contributed by atoms with Crippen molar-refractivity contribution < 1.29 is 5.11 Å². The molecule has 0 aromatic heterocycles. The molecule has 0 bridgehead atoms. The molecule has 0 saturated heterocycles. The summed E-state index contributed by atoms with van der Waals surface area (Å²) >= 11 is 0. The molecule has 3 fully saturated rings. The molecule has 0 heterocycles. The van der Waals surface area contributed by atoms with Gasteiger partial charge in [0.25, 0.3) is 0 Å². The third-order valence-corrected chi connectivity index (χ3v) is 6.32. The van der Waals surface area contributed by atoms with Crippen LogP contribution in [0.15, 0.2) is 11.6 Å². The van der Waals surface area contributed by atoms with Crippen LogP contribution in [0.25, 0.3) is 0 Å². The molecule has 0 atom stereocenters. The van der Waals surface area contributed by atoms with Crippen LogP contribution in [0.4, 0.5) is 0 Å². The molecule has 1 nitrogen and oxygen atoms in total. The first-order chi connectivity index (χ1) is 10.3. The highest BCUT2D eigenvalue weighted by Gasteiger charge is 2.29. The Morgan fingerprint density at radius 2 is 1.14 bits per heavy atom. The third kappa shape index (κ3) is 4.34. The molecule has 3 rings (SSSR count). The molecule has 0 unspecified atom stereocenters. The minimum Gasteiger partial charge on any atom is -0.393 e. The second-order valence-corrected chi connectivity index (χ2v) is 7.91. The minimum atomic E-state index is -0.0106. The van der Waals surface area contributed by atoms with E-state index in [4.69, 9.17) is 0 Å². The first-order valence-electron chi connectivity index (χ1n) is 9.72. The van der Waals surface area contributed by atoms with Gasteiger partial charge in [-0.15, -0.1) is 0 Å². The maximum absolute atomic E-state index is 9.82. The fraction of sp³-hybridized carbons (Fsp3) is 0.900. The zero-order valence-electron chi connectivity index (χ0n) is 13.7. The lowest BCUT2D eigenvalue weighted by atomic mass is 9.71. The van der Waals surface area contributed by atoms with Crippen molar-refractivity contribution in [1.29, 1.82) is 0 Å². The SMILES string of the molecule is OC1CCC(C(=CC2CCCCC2)C2CCCCC2)CC1. The van der Waals surface area contributed by atoms with Crippen LogP contribution in [0.5, 0.6) is 0 Å². The largest absolute Gasteiger partial charge is 0.393 e. The predicted molar refractivity (Wildman–Crippen MR) is 89.2 cm³/mol. The van der Waals surface area contributed by atoms with Crippen LogP contribution < -0.4 is 0 Å². The van der Waals surface area contributed by atoms with E-state index in [2.05, 4.69) is 6.08 Å². The molecule has 3 aliphatic carbocycles. The zero-order valence-corrected chi connectivity index (χ0v) is 13.7. The molecule has 1 heteroatoms. The summed E-state index contributed by atoms with van der Waals surface area (Å²) in [5, 5.41) is 9.82. The van der Waals surface area contributed by atoms with Gasteiger partial charge in [-0.3, -0.25) is 0 Å². The number of aliphatic hydroxyl groups excluding tert-OH is 1. The van der Waals surface area contributed by atoms with Gasteiger partial charge in [0.05, 0.1) is 6.10 Å². The molecule has 0 spiro atoms. The standard InChI is InChI=1S/C20H34O/c21-19-13-11-18(12-14-19)20(17-9-5-2-6-10-17)15-16-7-3-1-4-8-16/h15-19,21H,1-14H2. The Balaban J connectivity index is 1.71. The van der Waals surface area contributed by atoms with E-state index in [1.54, 1.807) is 0 Å².